The summed E-state index contributed by atoms with van der Waals surface area (Å²) in [4.78, 5) is 9.75. The Labute approximate surface area is 336 Å². The summed E-state index contributed by atoms with van der Waals surface area (Å²) in [6.07, 6.45) is 1.92. The number of nitrogens with zero attached hydrogens (tertiary/aromatic N) is 4. The van der Waals surface area contributed by atoms with Crippen LogP contribution >= 0.6 is 0 Å². The molecule has 0 fully saturated rings. The number of hydrogen-bond acceptors (Lipinski definition) is 4. The summed E-state index contributed by atoms with van der Waals surface area (Å²) in [6, 6.07) is 50.3. The van der Waals surface area contributed by atoms with Crippen molar-refractivity contribution in [1.29, 1.82) is 0 Å². The van der Waals surface area contributed by atoms with E-state index in [1.165, 1.54) is 61.2 Å². The van der Waals surface area contributed by atoms with Crippen LogP contribution in [0.25, 0.3) is 38.8 Å². The van der Waals surface area contributed by atoms with Crippen LogP contribution in [0.15, 0.2) is 146 Å². The lowest BCUT2D eigenvalue weighted by atomic mass is 9.85. The summed E-state index contributed by atoms with van der Waals surface area (Å²) in [6.45, 7) is 18.7. The molecule has 0 amide bonds. The molecule has 0 unspecified atom stereocenters. The molecule has 6 aromatic carbocycles. The van der Waals surface area contributed by atoms with E-state index in [1.807, 2.05) is 12.3 Å². The number of aryl methyl sites for hydroxylation is 2. The van der Waals surface area contributed by atoms with Crippen molar-refractivity contribution < 1.29 is 4.74 Å². The number of rotatable bonds is 6. The second kappa shape index (κ2) is 13.7. The fraction of sp³-hybridized carbons (Fsp3) is 0.212. The summed E-state index contributed by atoms with van der Waals surface area (Å²) >= 11 is 0. The maximum atomic E-state index is 6.74. The van der Waals surface area contributed by atoms with Crippen molar-refractivity contribution in [1.82, 2.24) is 9.55 Å². The Kier molecular flexibility index (Phi) is 8.73. The lowest BCUT2D eigenvalue weighted by molar-refractivity contribution is 0.483. The third kappa shape index (κ3) is 6.71. The van der Waals surface area contributed by atoms with Crippen molar-refractivity contribution in [2.24, 2.45) is 0 Å². The number of benzene rings is 6. The standard InChI is InChI=1S/C52H50N4O/c1-34-25-48-49(26-35(34)2)55(41-28-37(36-15-10-9-11-16-36)27-39(29-41)52(6,7)8)33-54(48)40-17-14-18-42(31-40)57-43-21-22-45-44-19-12-13-20-46(44)56(47(45)32-43)50-30-38(23-24-53-50)51(3,4)5/h9-32H,33H2,1-8H3. The lowest BCUT2D eigenvalue weighted by Crippen LogP contribution is -2.24. The maximum absolute atomic E-state index is 6.74. The molecule has 0 aliphatic carbocycles. The Bertz CT molecular complexity index is 2800. The number of para-hydroxylation sites is 1. The molecular formula is C52H50N4O. The summed E-state index contributed by atoms with van der Waals surface area (Å²) in [5.41, 5.74) is 14.4. The molecule has 0 N–H and O–H groups in total. The van der Waals surface area contributed by atoms with Gasteiger partial charge in [0, 0.05) is 40.5 Å². The van der Waals surface area contributed by atoms with Gasteiger partial charge in [0.15, 0.2) is 0 Å². The SMILES string of the molecule is Cc1cc2c(cc1C)N(c1cc(-c3ccccc3)cc(C(C)(C)C)c1)CN2c1cccc(Oc2ccc3c4ccccc4n(-c4cc(C(C)(C)C)ccn4)c3c2)c1. The number of anilines is 4. The molecule has 8 aromatic rings. The minimum atomic E-state index is -0.0129. The second-order valence-corrected chi connectivity index (χ2v) is 17.6. The molecule has 3 heterocycles. The van der Waals surface area contributed by atoms with Gasteiger partial charge >= 0.3 is 0 Å². The third-order valence-corrected chi connectivity index (χ3v) is 11.5. The maximum Gasteiger partial charge on any atom is 0.137 e. The van der Waals surface area contributed by atoms with Gasteiger partial charge in [-0.15, -0.1) is 0 Å². The minimum Gasteiger partial charge on any atom is -0.457 e. The first-order valence-electron chi connectivity index (χ1n) is 20.0. The Hall–Kier alpha value is -6.33. The van der Waals surface area contributed by atoms with Gasteiger partial charge in [-0.1, -0.05) is 102 Å². The van der Waals surface area contributed by atoms with Gasteiger partial charge < -0.3 is 14.5 Å². The predicted octanol–water partition coefficient (Wildman–Crippen LogP) is 14.1. The Morgan fingerprint density at radius 2 is 1.18 bits per heavy atom. The molecule has 0 radical (unpaired) electrons. The Balaban J connectivity index is 1.09. The molecule has 1 aliphatic rings. The number of ether oxygens (including phenoxy) is 1. The van der Waals surface area contributed by atoms with Crippen LogP contribution in [0.3, 0.4) is 0 Å². The van der Waals surface area contributed by atoms with Crippen molar-refractivity contribution in [3.05, 3.63) is 168 Å². The molecule has 5 nitrogen and oxygen atoms in total. The molecule has 2 aromatic heterocycles. The van der Waals surface area contributed by atoms with Crippen molar-refractivity contribution >= 4 is 44.6 Å². The molecule has 1 aliphatic heterocycles. The van der Waals surface area contributed by atoms with Crippen LogP contribution in [0.4, 0.5) is 22.7 Å². The first-order chi connectivity index (χ1) is 27.3. The van der Waals surface area contributed by atoms with Crippen LogP contribution in [0, 0.1) is 13.8 Å². The highest BCUT2D eigenvalue weighted by Gasteiger charge is 2.30. The zero-order chi connectivity index (χ0) is 39.6. The molecule has 5 heteroatoms. The van der Waals surface area contributed by atoms with E-state index in [4.69, 9.17) is 9.72 Å². The number of fused-ring (bicyclic) bond motifs is 4. The first-order valence-corrected chi connectivity index (χ1v) is 20.0. The summed E-state index contributed by atoms with van der Waals surface area (Å²) in [7, 11) is 0. The highest BCUT2D eigenvalue weighted by Crippen LogP contribution is 2.48. The zero-order valence-corrected chi connectivity index (χ0v) is 34.3. The zero-order valence-electron chi connectivity index (χ0n) is 34.3. The van der Waals surface area contributed by atoms with Crippen LogP contribution in [-0.4, -0.2) is 16.2 Å². The van der Waals surface area contributed by atoms with Gasteiger partial charge in [-0.3, -0.25) is 4.57 Å². The van der Waals surface area contributed by atoms with Crippen LogP contribution in [0.1, 0.15) is 63.8 Å². The molecule has 57 heavy (non-hydrogen) atoms. The topological polar surface area (TPSA) is 33.5 Å². The van der Waals surface area contributed by atoms with E-state index in [-0.39, 0.29) is 10.8 Å². The Morgan fingerprint density at radius 3 is 1.91 bits per heavy atom. The van der Waals surface area contributed by atoms with Crippen molar-refractivity contribution in [2.75, 3.05) is 16.5 Å². The van der Waals surface area contributed by atoms with Crippen molar-refractivity contribution in [2.45, 2.75) is 66.2 Å². The van der Waals surface area contributed by atoms with Crippen molar-refractivity contribution in [3.63, 3.8) is 0 Å². The molecule has 9 rings (SSSR count). The second-order valence-electron chi connectivity index (χ2n) is 17.6. The van der Waals surface area contributed by atoms with Gasteiger partial charge in [0.2, 0.25) is 0 Å². The molecular weight excluding hydrogens is 697 g/mol. The molecule has 0 saturated carbocycles. The quantitative estimate of drug-likeness (QED) is 0.170. The molecule has 0 saturated heterocycles. The van der Waals surface area contributed by atoms with E-state index >= 15 is 0 Å². The van der Waals surface area contributed by atoms with E-state index in [2.05, 4.69) is 203 Å². The van der Waals surface area contributed by atoms with Gasteiger partial charge in [-0.05, 0) is 125 Å². The average Bonchev–Trinajstić information content (AvgIpc) is 3.73. The molecule has 284 valence electrons. The summed E-state index contributed by atoms with van der Waals surface area (Å²) < 4.78 is 9.00. The average molecular weight is 747 g/mol. The fourth-order valence-corrected chi connectivity index (χ4v) is 8.07. The van der Waals surface area contributed by atoms with Gasteiger partial charge in [0.05, 0.1) is 22.4 Å². The molecule has 0 spiro atoms. The normalized spacial score (nSPS) is 13.1. The summed E-state index contributed by atoms with van der Waals surface area (Å²) in [5, 5.41) is 2.36. The highest BCUT2D eigenvalue weighted by atomic mass is 16.5. The monoisotopic (exact) mass is 746 g/mol. The van der Waals surface area contributed by atoms with E-state index < -0.39 is 0 Å². The van der Waals surface area contributed by atoms with Gasteiger partial charge in [0.1, 0.15) is 24.0 Å². The van der Waals surface area contributed by atoms with E-state index in [1.54, 1.807) is 0 Å². The van der Waals surface area contributed by atoms with Crippen LogP contribution in [-0.2, 0) is 10.8 Å². The predicted molar refractivity (Wildman–Crippen MR) is 239 cm³/mol. The highest BCUT2D eigenvalue weighted by molar-refractivity contribution is 6.09. The van der Waals surface area contributed by atoms with E-state index in [0.717, 1.165) is 34.0 Å². The lowest BCUT2D eigenvalue weighted by Gasteiger charge is -2.26. The minimum absolute atomic E-state index is 0.00170. The number of pyridine rings is 1. The first kappa shape index (κ1) is 36.3. The van der Waals surface area contributed by atoms with Gasteiger partial charge in [0.25, 0.3) is 0 Å². The summed E-state index contributed by atoms with van der Waals surface area (Å²) in [5.74, 6) is 2.46. The molecule has 0 bridgehead atoms. The number of aromatic nitrogens is 2. The van der Waals surface area contributed by atoms with Crippen molar-refractivity contribution in [3.8, 4) is 28.4 Å². The fourth-order valence-electron chi connectivity index (χ4n) is 8.07. The smallest absolute Gasteiger partial charge is 0.137 e. The van der Waals surface area contributed by atoms with E-state index in [0.29, 0.717) is 6.67 Å². The van der Waals surface area contributed by atoms with Crippen LogP contribution in [0.2, 0.25) is 0 Å². The Morgan fingerprint density at radius 1 is 0.509 bits per heavy atom. The largest absolute Gasteiger partial charge is 0.457 e. The van der Waals surface area contributed by atoms with Gasteiger partial charge in [-0.25, -0.2) is 4.98 Å². The third-order valence-electron chi connectivity index (χ3n) is 11.5. The van der Waals surface area contributed by atoms with Crippen LogP contribution < -0.4 is 14.5 Å². The number of hydrogen-bond donors (Lipinski definition) is 0. The van der Waals surface area contributed by atoms with Crippen LogP contribution in [0.5, 0.6) is 11.5 Å². The van der Waals surface area contributed by atoms with Gasteiger partial charge in [-0.2, -0.15) is 0 Å². The van der Waals surface area contributed by atoms with E-state index in [9.17, 15) is 0 Å². The molecule has 0 atom stereocenters.